The van der Waals surface area contributed by atoms with Crippen LogP contribution >= 0.6 is 11.3 Å². The summed E-state index contributed by atoms with van der Waals surface area (Å²) in [5.74, 6) is 0.313. The molecule has 1 aromatic carbocycles. The number of aromatic nitrogens is 1. The standard InChI is InChI=1S/C16H19NO3S/c1-10(2)8-13-15(16(18)19)21-14(17-13)9-11-4-6-12(20-3)7-5-11/h4-7,10H,8-9H2,1-3H3,(H,18,19). The van der Waals surface area contributed by atoms with Crippen molar-refractivity contribution in [3.63, 3.8) is 0 Å². The average molecular weight is 305 g/mol. The number of methoxy groups -OCH3 is 1. The van der Waals surface area contributed by atoms with Crippen molar-refractivity contribution in [2.75, 3.05) is 7.11 Å². The van der Waals surface area contributed by atoms with Gasteiger partial charge in [0.05, 0.1) is 17.8 Å². The van der Waals surface area contributed by atoms with E-state index in [1.807, 2.05) is 24.3 Å². The number of benzene rings is 1. The first-order chi connectivity index (χ1) is 9.99. The Labute approximate surface area is 128 Å². The monoisotopic (exact) mass is 305 g/mol. The zero-order valence-electron chi connectivity index (χ0n) is 12.4. The van der Waals surface area contributed by atoms with Crippen molar-refractivity contribution in [3.8, 4) is 5.75 Å². The number of aromatic carboxylic acids is 1. The van der Waals surface area contributed by atoms with Crippen LogP contribution in [0.15, 0.2) is 24.3 Å². The van der Waals surface area contributed by atoms with E-state index in [1.165, 1.54) is 11.3 Å². The molecule has 0 saturated heterocycles. The van der Waals surface area contributed by atoms with Crippen LogP contribution in [-0.4, -0.2) is 23.2 Å². The minimum Gasteiger partial charge on any atom is -0.497 e. The van der Waals surface area contributed by atoms with Gasteiger partial charge >= 0.3 is 5.97 Å². The first kappa shape index (κ1) is 15.5. The van der Waals surface area contributed by atoms with Gasteiger partial charge in [-0.3, -0.25) is 0 Å². The second-order valence-corrected chi connectivity index (χ2v) is 6.40. The van der Waals surface area contributed by atoms with Crippen LogP contribution in [-0.2, 0) is 12.8 Å². The van der Waals surface area contributed by atoms with Gasteiger partial charge in [0.1, 0.15) is 10.6 Å². The number of carbonyl (C=O) groups is 1. The van der Waals surface area contributed by atoms with Gasteiger partial charge in [0, 0.05) is 6.42 Å². The van der Waals surface area contributed by atoms with E-state index in [0.29, 0.717) is 29.3 Å². The Morgan fingerprint density at radius 1 is 1.33 bits per heavy atom. The van der Waals surface area contributed by atoms with Crippen molar-refractivity contribution in [1.29, 1.82) is 0 Å². The molecule has 0 aliphatic heterocycles. The van der Waals surface area contributed by atoms with E-state index in [9.17, 15) is 9.90 Å². The highest BCUT2D eigenvalue weighted by atomic mass is 32.1. The third-order valence-corrected chi connectivity index (χ3v) is 4.14. The average Bonchev–Trinajstić information content (AvgIpc) is 2.81. The third kappa shape index (κ3) is 4.04. The van der Waals surface area contributed by atoms with Crippen LogP contribution in [0.2, 0.25) is 0 Å². The summed E-state index contributed by atoms with van der Waals surface area (Å²) in [4.78, 5) is 16.2. The lowest BCUT2D eigenvalue weighted by molar-refractivity contribution is 0.0700. The van der Waals surface area contributed by atoms with E-state index in [4.69, 9.17) is 4.74 Å². The number of hydrogen-bond acceptors (Lipinski definition) is 4. The van der Waals surface area contributed by atoms with E-state index >= 15 is 0 Å². The molecule has 5 heteroatoms. The molecule has 0 spiro atoms. The van der Waals surface area contributed by atoms with Gasteiger partial charge in [0.2, 0.25) is 0 Å². The fraction of sp³-hybridized carbons (Fsp3) is 0.375. The minimum atomic E-state index is -0.885. The van der Waals surface area contributed by atoms with Crippen LogP contribution < -0.4 is 4.74 Å². The lowest BCUT2D eigenvalue weighted by atomic mass is 10.1. The van der Waals surface area contributed by atoms with Crippen molar-refractivity contribution in [2.45, 2.75) is 26.7 Å². The quantitative estimate of drug-likeness (QED) is 0.885. The van der Waals surface area contributed by atoms with Crippen LogP contribution in [0, 0.1) is 5.92 Å². The Morgan fingerprint density at radius 3 is 2.52 bits per heavy atom. The SMILES string of the molecule is COc1ccc(Cc2nc(CC(C)C)c(C(=O)O)s2)cc1. The maximum Gasteiger partial charge on any atom is 0.347 e. The molecule has 0 aliphatic rings. The first-order valence-electron chi connectivity index (χ1n) is 6.84. The number of thiazole rings is 1. The predicted octanol–water partition coefficient (Wildman–Crippen LogP) is 3.64. The normalized spacial score (nSPS) is 10.9. The molecule has 2 aromatic rings. The highest BCUT2D eigenvalue weighted by Crippen LogP contribution is 2.24. The van der Waals surface area contributed by atoms with Gasteiger partial charge in [0.25, 0.3) is 0 Å². The molecule has 0 radical (unpaired) electrons. The van der Waals surface area contributed by atoms with E-state index < -0.39 is 5.97 Å². The molecule has 2 rings (SSSR count). The second-order valence-electron chi connectivity index (χ2n) is 5.31. The molecule has 0 fully saturated rings. The smallest absolute Gasteiger partial charge is 0.347 e. The molecular weight excluding hydrogens is 286 g/mol. The van der Waals surface area contributed by atoms with Crippen LogP contribution in [0.5, 0.6) is 5.75 Å². The number of ether oxygens (including phenoxy) is 1. The Balaban J connectivity index is 2.21. The summed E-state index contributed by atoms with van der Waals surface area (Å²) in [6.07, 6.45) is 1.34. The number of carboxylic acid groups (broad SMARTS) is 1. The topological polar surface area (TPSA) is 59.4 Å². The molecule has 1 N–H and O–H groups in total. The van der Waals surface area contributed by atoms with Crippen LogP contribution in [0.4, 0.5) is 0 Å². The Morgan fingerprint density at radius 2 is 2.00 bits per heavy atom. The van der Waals surface area contributed by atoms with E-state index in [0.717, 1.165) is 16.3 Å². The summed E-state index contributed by atoms with van der Waals surface area (Å²) in [6, 6.07) is 7.75. The fourth-order valence-electron chi connectivity index (χ4n) is 2.09. The molecule has 4 nitrogen and oxygen atoms in total. The van der Waals surface area contributed by atoms with Crippen LogP contribution in [0.25, 0.3) is 0 Å². The second kappa shape index (κ2) is 6.72. The lowest BCUT2D eigenvalue weighted by Crippen LogP contribution is -2.02. The summed E-state index contributed by atoms with van der Waals surface area (Å²) in [5, 5.41) is 10.1. The zero-order chi connectivity index (χ0) is 15.4. The summed E-state index contributed by atoms with van der Waals surface area (Å²) < 4.78 is 5.13. The maximum absolute atomic E-state index is 11.3. The molecule has 112 valence electrons. The van der Waals surface area contributed by atoms with Gasteiger partial charge in [-0.05, 0) is 30.0 Å². The van der Waals surface area contributed by atoms with Crippen molar-refractivity contribution in [3.05, 3.63) is 45.4 Å². The van der Waals surface area contributed by atoms with Gasteiger partial charge in [-0.25, -0.2) is 9.78 Å². The van der Waals surface area contributed by atoms with E-state index in [1.54, 1.807) is 7.11 Å². The summed E-state index contributed by atoms with van der Waals surface area (Å²) in [5.41, 5.74) is 1.79. The Bertz CT molecular complexity index is 617. The Kier molecular flexibility index (Phi) is 4.96. The highest BCUT2D eigenvalue weighted by molar-refractivity contribution is 7.13. The van der Waals surface area contributed by atoms with Crippen molar-refractivity contribution >= 4 is 17.3 Å². The number of carboxylic acids is 1. The molecule has 0 amide bonds. The van der Waals surface area contributed by atoms with Crippen molar-refractivity contribution < 1.29 is 14.6 Å². The highest BCUT2D eigenvalue weighted by Gasteiger charge is 2.18. The summed E-state index contributed by atoms with van der Waals surface area (Å²) >= 11 is 1.27. The van der Waals surface area contributed by atoms with E-state index in [2.05, 4.69) is 18.8 Å². The number of nitrogens with zero attached hydrogens (tertiary/aromatic N) is 1. The molecule has 0 unspecified atom stereocenters. The fourth-order valence-corrected chi connectivity index (χ4v) is 3.05. The molecule has 0 bridgehead atoms. The van der Waals surface area contributed by atoms with E-state index in [-0.39, 0.29) is 0 Å². The van der Waals surface area contributed by atoms with Gasteiger partial charge in [-0.15, -0.1) is 11.3 Å². The summed E-state index contributed by atoms with van der Waals surface area (Å²) in [7, 11) is 1.63. The van der Waals surface area contributed by atoms with Gasteiger partial charge in [0.15, 0.2) is 0 Å². The Hall–Kier alpha value is -1.88. The van der Waals surface area contributed by atoms with Crippen molar-refractivity contribution in [2.24, 2.45) is 5.92 Å². The number of hydrogen-bond donors (Lipinski definition) is 1. The molecular formula is C16H19NO3S. The van der Waals surface area contributed by atoms with Gasteiger partial charge < -0.3 is 9.84 Å². The maximum atomic E-state index is 11.3. The number of rotatable bonds is 6. The minimum absolute atomic E-state index is 0.368. The van der Waals surface area contributed by atoms with Crippen molar-refractivity contribution in [1.82, 2.24) is 4.98 Å². The molecule has 21 heavy (non-hydrogen) atoms. The molecule has 1 heterocycles. The lowest BCUT2D eigenvalue weighted by Gasteiger charge is -2.02. The molecule has 0 saturated carbocycles. The third-order valence-electron chi connectivity index (χ3n) is 3.05. The first-order valence-corrected chi connectivity index (χ1v) is 7.66. The molecule has 0 aliphatic carbocycles. The largest absolute Gasteiger partial charge is 0.497 e. The van der Waals surface area contributed by atoms with Crippen LogP contribution in [0.1, 0.15) is 39.8 Å². The molecule has 1 aromatic heterocycles. The van der Waals surface area contributed by atoms with Crippen LogP contribution in [0.3, 0.4) is 0 Å². The van der Waals surface area contributed by atoms with Gasteiger partial charge in [-0.2, -0.15) is 0 Å². The predicted molar refractivity (Wildman–Crippen MR) is 83.4 cm³/mol. The molecule has 0 atom stereocenters. The van der Waals surface area contributed by atoms with Gasteiger partial charge in [-0.1, -0.05) is 26.0 Å². The zero-order valence-corrected chi connectivity index (χ0v) is 13.2. The summed E-state index contributed by atoms with van der Waals surface area (Å²) in [6.45, 7) is 4.13.